The average molecular weight is 324 g/mol. The van der Waals surface area contributed by atoms with Crippen molar-refractivity contribution in [2.75, 3.05) is 17.3 Å². The van der Waals surface area contributed by atoms with Gasteiger partial charge < -0.3 is 5.32 Å². The summed E-state index contributed by atoms with van der Waals surface area (Å²) in [6, 6.07) is 11.9. The second kappa shape index (κ2) is 6.25. The minimum Gasteiger partial charge on any atom is -0.325 e. The third kappa shape index (κ3) is 3.06. The summed E-state index contributed by atoms with van der Waals surface area (Å²) in [5, 5.41) is 5.14. The smallest absolute Gasteiger partial charge is 0.225 e. The van der Waals surface area contributed by atoms with Crippen molar-refractivity contribution < 1.29 is 4.79 Å². The SMILES string of the molecule is CSCCC(=O)Nc1ccc(Br)c2ccccc12. The van der Waals surface area contributed by atoms with Gasteiger partial charge in [0.15, 0.2) is 0 Å². The second-order valence-corrected chi connectivity index (χ2v) is 5.77. The number of carbonyl (C=O) groups is 1. The summed E-state index contributed by atoms with van der Waals surface area (Å²) >= 11 is 5.20. The highest BCUT2D eigenvalue weighted by atomic mass is 79.9. The second-order valence-electron chi connectivity index (χ2n) is 3.93. The Hall–Kier alpha value is -1.00. The van der Waals surface area contributed by atoms with E-state index in [9.17, 15) is 4.79 Å². The normalized spacial score (nSPS) is 10.6. The van der Waals surface area contributed by atoms with Gasteiger partial charge in [-0.2, -0.15) is 11.8 Å². The fourth-order valence-electron chi connectivity index (χ4n) is 1.78. The van der Waals surface area contributed by atoms with E-state index < -0.39 is 0 Å². The molecule has 0 aliphatic heterocycles. The van der Waals surface area contributed by atoms with Crippen LogP contribution in [-0.2, 0) is 4.79 Å². The van der Waals surface area contributed by atoms with Crippen LogP contribution >= 0.6 is 27.7 Å². The fourth-order valence-corrected chi connectivity index (χ4v) is 2.65. The average Bonchev–Trinajstić information content (AvgIpc) is 2.40. The molecule has 0 atom stereocenters. The first-order chi connectivity index (χ1) is 8.72. The molecule has 0 heterocycles. The van der Waals surface area contributed by atoms with Gasteiger partial charge in [0.05, 0.1) is 0 Å². The van der Waals surface area contributed by atoms with Crippen molar-refractivity contribution in [1.29, 1.82) is 0 Å². The first-order valence-electron chi connectivity index (χ1n) is 5.68. The van der Waals surface area contributed by atoms with Gasteiger partial charge in [0.25, 0.3) is 0 Å². The molecule has 0 saturated heterocycles. The van der Waals surface area contributed by atoms with E-state index in [1.165, 1.54) is 0 Å². The number of thioether (sulfide) groups is 1. The number of rotatable bonds is 4. The van der Waals surface area contributed by atoms with Crippen molar-refractivity contribution in [3.05, 3.63) is 40.9 Å². The molecular formula is C14H14BrNOS. The Kier molecular flexibility index (Phi) is 4.66. The number of fused-ring (bicyclic) bond motifs is 1. The molecule has 0 spiro atoms. The molecule has 2 nitrogen and oxygen atoms in total. The molecule has 0 unspecified atom stereocenters. The lowest BCUT2D eigenvalue weighted by Crippen LogP contribution is -2.12. The quantitative estimate of drug-likeness (QED) is 0.909. The van der Waals surface area contributed by atoms with Gasteiger partial charge in [-0.1, -0.05) is 40.2 Å². The summed E-state index contributed by atoms with van der Waals surface area (Å²) in [4.78, 5) is 11.8. The first-order valence-corrected chi connectivity index (χ1v) is 7.87. The number of anilines is 1. The van der Waals surface area contributed by atoms with E-state index in [-0.39, 0.29) is 5.91 Å². The standard InChI is InChI=1S/C14H14BrNOS/c1-18-9-8-14(17)16-13-7-6-12(15)10-4-2-3-5-11(10)13/h2-7H,8-9H2,1H3,(H,16,17). The molecule has 18 heavy (non-hydrogen) atoms. The van der Waals surface area contributed by atoms with Crippen molar-refractivity contribution in [2.24, 2.45) is 0 Å². The minimum absolute atomic E-state index is 0.0665. The van der Waals surface area contributed by atoms with Crippen LogP contribution in [0.5, 0.6) is 0 Å². The number of hydrogen-bond donors (Lipinski definition) is 1. The lowest BCUT2D eigenvalue weighted by Gasteiger charge is -2.09. The fraction of sp³-hybridized carbons (Fsp3) is 0.214. The maximum Gasteiger partial charge on any atom is 0.225 e. The highest BCUT2D eigenvalue weighted by molar-refractivity contribution is 9.10. The van der Waals surface area contributed by atoms with Crippen LogP contribution in [0.4, 0.5) is 5.69 Å². The number of benzene rings is 2. The molecule has 4 heteroatoms. The van der Waals surface area contributed by atoms with Gasteiger partial charge in [0.1, 0.15) is 0 Å². The van der Waals surface area contributed by atoms with E-state index in [0.29, 0.717) is 6.42 Å². The van der Waals surface area contributed by atoms with E-state index in [0.717, 1.165) is 26.7 Å². The van der Waals surface area contributed by atoms with E-state index in [4.69, 9.17) is 0 Å². The predicted molar refractivity (Wildman–Crippen MR) is 83.3 cm³/mol. The monoisotopic (exact) mass is 323 g/mol. The largest absolute Gasteiger partial charge is 0.325 e. The Morgan fingerprint density at radius 3 is 2.67 bits per heavy atom. The Bertz CT molecular complexity index is 571. The summed E-state index contributed by atoms with van der Waals surface area (Å²) < 4.78 is 1.04. The molecule has 0 bridgehead atoms. The van der Waals surface area contributed by atoms with Crippen molar-refractivity contribution in [3.8, 4) is 0 Å². The summed E-state index contributed by atoms with van der Waals surface area (Å²) in [5.74, 6) is 0.914. The topological polar surface area (TPSA) is 29.1 Å². The van der Waals surface area contributed by atoms with E-state index >= 15 is 0 Å². The number of halogens is 1. The van der Waals surface area contributed by atoms with Crippen LogP contribution in [0.15, 0.2) is 40.9 Å². The van der Waals surface area contributed by atoms with Crippen LogP contribution in [0, 0.1) is 0 Å². The van der Waals surface area contributed by atoms with Gasteiger partial charge in [-0.3, -0.25) is 4.79 Å². The van der Waals surface area contributed by atoms with Crippen LogP contribution in [0.2, 0.25) is 0 Å². The Balaban J connectivity index is 2.29. The van der Waals surface area contributed by atoms with Crippen molar-refractivity contribution in [3.63, 3.8) is 0 Å². The van der Waals surface area contributed by atoms with Gasteiger partial charge in [-0.25, -0.2) is 0 Å². The first kappa shape index (κ1) is 13.4. The van der Waals surface area contributed by atoms with E-state index in [2.05, 4.69) is 21.2 Å². The number of carbonyl (C=O) groups excluding carboxylic acids is 1. The molecular weight excluding hydrogens is 310 g/mol. The third-order valence-electron chi connectivity index (χ3n) is 2.68. The summed E-state index contributed by atoms with van der Waals surface area (Å²) in [6.45, 7) is 0. The number of amides is 1. The molecule has 0 fully saturated rings. The third-order valence-corrected chi connectivity index (χ3v) is 3.98. The Morgan fingerprint density at radius 1 is 1.22 bits per heavy atom. The summed E-state index contributed by atoms with van der Waals surface area (Å²) in [6.07, 6.45) is 2.55. The highest BCUT2D eigenvalue weighted by Crippen LogP contribution is 2.29. The highest BCUT2D eigenvalue weighted by Gasteiger charge is 2.07. The number of nitrogens with one attached hydrogen (secondary N) is 1. The van der Waals surface area contributed by atoms with Crippen LogP contribution in [0.1, 0.15) is 6.42 Å². The lowest BCUT2D eigenvalue weighted by molar-refractivity contribution is -0.115. The predicted octanol–water partition coefficient (Wildman–Crippen LogP) is 4.29. The lowest BCUT2D eigenvalue weighted by atomic mass is 10.1. The molecule has 1 N–H and O–H groups in total. The molecule has 0 saturated carbocycles. The molecule has 0 aliphatic carbocycles. The van der Waals surface area contributed by atoms with Gasteiger partial charge >= 0.3 is 0 Å². The van der Waals surface area contributed by atoms with Crippen LogP contribution in [-0.4, -0.2) is 17.9 Å². The van der Waals surface area contributed by atoms with Crippen LogP contribution in [0.3, 0.4) is 0 Å². The summed E-state index contributed by atoms with van der Waals surface area (Å²) in [7, 11) is 0. The molecule has 2 aromatic rings. The van der Waals surface area contributed by atoms with Crippen LogP contribution < -0.4 is 5.32 Å². The number of hydrogen-bond acceptors (Lipinski definition) is 2. The van der Waals surface area contributed by atoms with Crippen LogP contribution in [0.25, 0.3) is 10.8 Å². The molecule has 0 aromatic heterocycles. The summed E-state index contributed by atoms with van der Waals surface area (Å²) in [5.41, 5.74) is 0.875. The molecule has 2 rings (SSSR count). The van der Waals surface area contributed by atoms with Crippen molar-refractivity contribution in [2.45, 2.75) is 6.42 Å². The van der Waals surface area contributed by atoms with Gasteiger partial charge in [0.2, 0.25) is 5.91 Å². The zero-order chi connectivity index (χ0) is 13.0. The zero-order valence-electron chi connectivity index (χ0n) is 10.1. The zero-order valence-corrected chi connectivity index (χ0v) is 12.5. The van der Waals surface area contributed by atoms with Crippen molar-refractivity contribution >= 4 is 50.1 Å². The van der Waals surface area contributed by atoms with Gasteiger partial charge in [-0.05, 0) is 23.8 Å². The minimum atomic E-state index is 0.0665. The van der Waals surface area contributed by atoms with E-state index in [1.807, 2.05) is 42.7 Å². The molecule has 1 amide bonds. The maximum atomic E-state index is 11.8. The van der Waals surface area contributed by atoms with E-state index in [1.54, 1.807) is 11.8 Å². The maximum absolute atomic E-state index is 11.8. The molecule has 0 aliphatic rings. The van der Waals surface area contributed by atoms with Crippen molar-refractivity contribution in [1.82, 2.24) is 0 Å². The molecule has 2 aromatic carbocycles. The van der Waals surface area contributed by atoms with Gasteiger partial charge in [-0.15, -0.1) is 0 Å². The Morgan fingerprint density at radius 2 is 1.94 bits per heavy atom. The van der Waals surface area contributed by atoms with Gasteiger partial charge in [0, 0.05) is 27.7 Å². The Labute approximate surface area is 119 Å². The molecule has 94 valence electrons. The molecule has 0 radical (unpaired) electrons.